The Kier molecular flexibility index (Phi) is 11.6. The van der Waals surface area contributed by atoms with Crippen LogP contribution in [-0.2, 0) is 48.6 Å². The van der Waals surface area contributed by atoms with Gasteiger partial charge in [0.25, 0.3) is 5.56 Å². The van der Waals surface area contributed by atoms with E-state index in [4.69, 9.17) is 21.1 Å². The van der Waals surface area contributed by atoms with E-state index in [1.165, 1.54) is 23.5 Å². The van der Waals surface area contributed by atoms with Crippen LogP contribution in [0.3, 0.4) is 0 Å². The highest BCUT2D eigenvalue weighted by Crippen LogP contribution is 2.26. The third-order valence-electron chi connectivity index (χ3n) is 7.34. The number of benzene rings is 2. The van der Waals surface area contributed by atoms with Crippen LogP contribution < -0.4 is 5.56 Å². The van der Waals surface area contributed by atoms with Crippen LogP contribution in [0.4, 0.5) is 9.59 Å². The van der Waals surface area contributed by atoms with E-state index in [-0.39, 0.29) is 31.4 Å². The van der Waals surface area contributed by atoms with Crippen molar-refractivity contribution in [1.82, 2.24) is 29.7 Å². The van der Waals surface area contributed by atoms with Crippen molar-refractivity contribution >= 4 is 47.3 Å². The lowest BCUT2D eigenvalue weighted by Gasteiger charge is -2.28. The van der Waals surface area contributed by atoms with E-state index < -0.39 is 6.09 Å². The molecule has 2 aromatic heterocycles. The fourth-order valence-corrected chi connectivity index (χ4v) is 5.95. The van der Waals surface area contributed by atoms with Crippen LogP contribution in [0.2, 0.25) is 5.15 Å². The molecule has 2 aliphatic heterocycles. The first kappa shape index (κ1) is 33.3. The van der Waals surface area contributed by atoms with Crippen molar-refractivity contribution in [2.24, 2.45) is 0 Å². The third-order valence-corrected chi connectivity index (χ3v) is 8.78. The fourth-order valence-electron chi connectivity index (χ4n) is 4.88. The molecule has 0 aliphatic carbocycles. The summed E-state index contributed by atoms with van der Waals surface area (Å²) in [6.45, 7) is 2.19. The Morgan fingerprint density at radius 1 is 0.783 bits per heavy atom. The minimum atomic E-state index is -0.409. The minimum absolute atomic E-state index is 0.181. The molecule has 4 heterocycles. The van der Waals surface area contributed by atoms with Gasteiger partial charge in [0.2, 0.25) is 0 Å². The molecule has 6 rings (SSSR count). The van der Waals surface area contributed by atoms with E-state index >= 15 is 0 Å². The summed E-state index contributed by atoms with van der Waals surface area (Å²) in [5.41, 5.74) is 4.76. The summed E-state index contributed by atoms with van der Waals surface area (Å²) in [4.78, 5) is 55.5. The number of nitrogens with zero attached hydrogens (tertiary/aromatic N) is 5. The van der Waals surface area contributed by atoms with Crippen molar-refractivity contribution in [3.63, 3.8) is 0 Å². The molecule has 11 nitrogen and oxygen atoms in total. The highest BCUT2D eigenvalue weighted by molar-refractivity contribution is 7.98. The van der Waals surface area contributed by atoms with E-state index in [1.807, 2.05) is 73.2 Å². The van der Waals surface area contributed by atoms with Gasteiger partial charge in [0.05, 0.1) is 30.0 Å². The van der Waals surface area contributed by atoms with Gasteiger partial charge in [-0.2, -0.15) is 0 Å². The Labute approximate surface area is 280 Å². The number of hydrogen-bond acceptors (Lipinski definition) is 10. The van der Waals surface area contributed by atoms with Gasteiger partial charge in [-0.25, -0.2) is 24.5 Å². The number of fused-ring (bicyclic) bond motifs is 2. The molecule has 0 bridgehead atoms. The van der Waals surface area contributed by atoms with Gasteiger partial charge in [-0.3, -0.25) is 4.79 Å². The van der Waals surface area contributed by atoms with Crippen LogP contribution in [0, 0.1) is 0 Å². The molecule has 0 unspecified atom stereocenters. The number of carbonyl (C=O) groups excluding carboxylic acids is 2. The summed E-state index contributed by atoms with van der Waals surface area (Å²) in [5, 5.41) is 1.68. The fraction of sp³-hybridized carbons (Fsp3) is 0.312. The van der Waals surface area contributed by atoms with Gasteiger partial charge in [-0.15, -0.1) is 0 Å². The van der Waals surface area contributed by atoms with Gasteiger partial charge in [0.15, 0.2) is 10.3 Å². The standard InChI is InChI=1S/C16H16ClN3O2S.C16H17N3O3S/c1-23-15-18-13-7-8-20(9-12(13)14(17)19-15)16(21)22-10-11-5-3-2-4-6-11;1-23-15-17-13-7-8-19(9-12(13)14(20)18-15)16(21)22-10-11-5-3-2-4-6-11/h2-6H,7-10H2,1H3;2-6H,7-10H2,1H3,(H,17,18,20). The predicted octanol–water partition coefficient (Wildman–Crippen LogP) is 5.73. The Bertz CT molecular complexity index is 1730. The zero-order valence-corrected chi connectivity index (χ0v) is 27.8. The molecule has 0 atom stereocenters. The molecule has 0 saturated heterocycles. The smallest absolute Gasteiger partial charge is 0.410 e. The number of halogens is 1. The Hall–Kier alpha value is -4.07. The summed E-state index contributed by atoms with van der Waals surface area (Å²) in [6.07, 6.45) is 4.24. The highest BCUT2D eigenvalue weighted by atomic mass is 35.5. The monoisotopic (exact) mass is 680 g/mol. The molecule has 2 aliphatic rings. The lowest BCUT2D eigenvalue weighted by Crippen LogP contribution is -2.39. The first-order valence-corrected chi connectivity index (χ1v) is 17.3. The van der Waals surface area contributed by atoms with Crippen LogP contribution in [0.5, 0.6) is 0 Å². The van der Waals surface area contributed by atoms with E-state index in [9.17, 15) is 14.4 Å². The van der Waals surface area contributed by atoms with Crippen LogP contribution in [0.15, 0.2) is 75.8 Å². The number of ether oxygens (including phenoxy) is 2. The lowest BCUT2D eigenvalue weighted by atomic mass is 10.1. The first-order chi connectivity index (χ1) is 22.3. The quantitative estimate of drug-likeness (QED) is 0.153. The summed E-state index contributed by atoms with van der Waals surface area (Å²) < 4.78 is 10.7. The zero-order chi connectivity index (χ0) is 32.5. The average molecular weight is 681 g/mol. The number of thioether (sulfide) groups is 2. The van der Waals surface area contributed by atoms with Crippen LogP contribution in [0.1, 0.15) is 33.6 Å². The van der Waals surface area contributed by atoms with Crippen LogP contribution >= 0.6 is 35.1 Å². The van der Waals surface area contributed by atoms with E-state index in [0.29, 0.717) is 53.5 Å². The molecule has 46 heavy (non-hydrogen) atoms. The molecule has 4 aromatic rings. The third kappa shape index (κ3) is 8.59. The van der Waals surface area contributed by atoms with Gasteiger partial charge in [0, 0.05) is 31.5 Å². The second kappa shape index (κ2) is 16.0. The number of amides is 2. The maximum atomic E-state index is 12.2. The Morgan fingerprint density at radius 3 is 1.83 bits per heavy atom. The summed E-state index contributed by atoms with van der Waals surface area (Å²) >= 11 is 9.08. The number of aromatic amines is 1. The second-order valence-electron chi connectivity index (χ2n) is 10.4. The molecular weight excluding hydrogens is 648 g/mol. The number of hydrogen-bond donors (Lipinski definition) is 1. The largest absolute Gasteiger partial charge is 0.445 e. The first-order valence-electron chi connectivity index (χ1n) is 14.5. The second-order valence-corrected chi connectivity index (χ2v) is 12.3. The topological polar surface area (TPSA) is 131 Å². The summed E-state index contributed by atoms with van der Waals surface area (Å²) in [7, 11) is 0. The van der Waals surface area contributed by atoms with Crippen molar-refractivity contribution in [2.75, 3.05) is 25.6 Å². The van der Waals surface area contributed by atoms with Gasteiger partial charge in [-0.1, -0.05) is 95.8 Å². The average Bonchev–Trinajstić information content (AvgIpc) is 3.10. The normalized spacial score (nSPS) is 13.5. The van der Waals surface area contributed by atoms with Gasteiger partial charge >= 0.3 is 12.2 Å². The number of aromatic nitrogens is 4. The molecule has 1 N–H and O–H groups in total. The van der Waals surface area contributed by atoms with E-state index in [2.05, 4.69) is 19.9 Å². The molecule has 240 valence electrons. The highest BCUT2D eigenvalue weighted by Gasteiger charge is 2.27. The van der Waals surface area contributed by atoms with Crippen molar-refractivity contribution < 1.29 is 19.1 Å². The van der Waals surface area contributed by atoms with Crippen LogP contribution in [0.25, 0.3) is 0 Å². The number of carbonyl (C=O) groups is 2. The maximum Gasteiger partial charge on any atom is 0.410 e. The molecule has 0 radical (unpaired) electrons. The molecule has 0 saturated carbocycles. The van der Waals surface area contributed by atoms with Crippen molar-refractivity contribution in [3.05, 3.63) is 110 Å². The van der Waals surface area contributed by atoms with E-state index in [1.54, 1.807) is 9.80 Å². The van der Waals surface area contributed by atoms with Crippen molar-refractivity contribution in [1.29, 1.82) is 0 Å². The molecule has 2 amide bonds. The SMILES string of the molecule is CSc1nc(Cl)c2c(n1)CCN(C(=O)OCc1ccccc1)C2.CSc1nc2c(c(=O)[nH]1)CN(C(=O)OCc1ccccc1)CC2. The summed E-state index contributed by atoms with van der Waals surface area (Å²) in [5.74, 6) is 0. The van der Waals surface area contributed by atoms with Gasteiger partial charge in [-0.05, 0) is 23.6 Å². The molecule has 0 fully saturated rings. The van der Waals surface area contributed by atoms with Gasteiger partial charge in [0.1, 0.15) is 18.4 Å². The maximum absolute atomic E-state index is 12.2. The molecule has 14 heteroatoms. The van der Waals surface area contributed by atoms with Crippen molar-refractivity contribution in [3.8, 4) is 0 Å². The molecular formula is C32H33ClN6O5S2. The Balaban J connectivity index is 0.000000181. The predicted molar refractivity (Wildman–Crippen MR) is 177 cm³/mol. The van der Waals surface area contributed by atoms with Gasteiger partial charge < -0.3 is 24.3 Å². The lowest BCUT2D eigenvalue weighted by molar-refractivity contribution is 0.0907. The molecule has 0 spiro atoms. The van der Waals surface area contributed by atoms with Crippen LogP contribution in [-0.4, -0.2) is 67.5 Å². The summed E-state index contributed by atoms with van der Waals surface area (Å²) in [6, 6.07) is 19.1. The minimum Gasteiger partial charge on any atom is -0.445 e. The molecule has 2 aromatic carbocycles. The van der Waals surface area contributed by atoms with E-state index in [0.717, 1.165) is 28.1 Å². The number of nitrogens with one attached hydrogen (secondary N) is 1. The zero-order valence-electron chi connectivity index (χ0n) is 25.4. The Morgan fingerprint density at radius 2 is 1.30 bits per heavy atom. The number of H-pyrrole nitrogens is 1. The number of rotatable bonds is 6. The van der Waals surface area contributed by atoms with Crippen molar-refractivity contribution in [2.45, 2.75) is 49.5 Å².